The van der Waals surface area contributed by atoms with E-state index in [1.165, 1.54) is 70.6 Å². The Bertz CT molecular complexity index is 719. The van der Waals surface area contributed by atoms with E-state index >= 15 is 0 Å². The summed E-state index contributed by atoms with van der Waals surface area (Å²) in [6, 6.07) is 0. The van der Waals surface area contributed by atoms with E-state index in [1.807, 2.05) is 0 Å². The van der Waals surface area contributed by atoms with Crippen molar-refractivity contribution >= 4 is 0 Å². The number of hydrogen-bond donors (Lipinski definition) is 4. The van der Waals surface area contributed by atoms with Gasteiger partial charge in [-0.2, -0.15) is 61.6 Å². The quantitative estimate of drug-likeness (QED) is 0.0900. The summed E-state index contributed by atoms with van der Waals surface area (Å²) >= 11 is 0. The Morgan fingerprint density at radius 3 is 0.654 bits per heavy atom. The largest absolute Gasteiger partial charge is 0.385 e. The lowest BCUT2D eigenvalue weighted by molar-refractivity contribution is 0.194. The lowest BCUT2D eigenvalue weighted by Crippen LogP contribution is -2.15. The van der Waals surface area contributed by atoms with E-state index in [0.29, 0.717) is 5.41 Å². The van der Waals surface area contributed by atoms with Crippen LogP contribution in [0.3, 0.4) is 0 Å². The summed E-state index contributed by atoms with van der Waals surface area (Å²) in [5.41, 5.74) is 0.667. The Kier molecular flexibility index (Phi) is 63.1. The Morgan fingerprint density at radius 2 is 0.615 bits per heavy atom. The predicted octanol–water partition coefficient (Wildman–Crippen LogP) is 9.18. The minimum absolute atomic E-state index is 0.667. The van der Waals surface area contributed by atoms with Gasteiger partial charge in [0.1, 0.15) is 0 Å². The second-order valence-electron chi connectivity index (χ2n) is 11.4. The number of unbranched alkanes of at least 4 members (excludes halogenated alkanes) is 3. The lowest BCUT2D eigenvalue weighted by atomic mass is 9.78. The molecule has 4 rings (SSSR count). The molecule has 4 aromatic rings. The summed E-state index contributed by atoms with van der Waals surface area (Å²) in [5, 5.41) is 37.3. The molecule has 4 N–H and O–H groups in total. The van der Waals surface area contributed by atoms with Crippen molar-refractivity contribution < 1.29 is 14.2 Å². The van der Waals surface area contributed by atoms with Gasteiger partial charge in [0.25, 0.3) is 0 Å². The summed E-state index contributed by atoms with van der Waals surface area (Å²) in [7, 11) is 5.20. The molecule has 0 aliphatic heterocycles. The Balaban J connectivity index is -0.000000160. The molecular formula is C37H80N12O3. The van der Waals surface area contributed by atoms with Crippen molar-refractivity contribution in [3.8, 4) is 0 Å². The number of aromatic nitrogens is 12. The summed E-state index contributed by atoms with van der Waals surface area (Å²) in [4.78, 5) is 0. The maximum absolute atomic E-state index is 4.78. The monoisotopic (exact) mass is 741 g/mol. The van der Waals surface area contributed by atoms with Crippen LogP contribution in [-0.4, -0.2) is 103 Å². The van der Waals surface area contributed by atoms with Crippen LogP contribution in [0.4, 0.5) is 0 Å². The molecule has 0 radical (unpaired) electrons. The molecule has 0 saturated carbocycles. The van der Waals surface area contributed by atoms with Crippen LogP contribution in [0.15, 0.2) is 49.6 Å². The third-order valence-corrected chi connectivity index (χ3v) is 7.25. The van der Waals surface area contributed by atoms with E-state index in [-0.39, 0.29) is 0 Å². The van der Waals surface area contributed by atoms with E-state index in [2.05, 4.69) is 131 Å². The molecule has 306 valence electrons. The summed E-state index contributed by atoms with van der Waals surface area (Å²) in [6.45, 7) is 25.0. The van der Waals surface area contributed by atoms with Crippen LogP contribution in [0, 0.1) is 11.3 Å². The van der Waals surface area contributed by atoms with Gasteiger partial charge in [0.15, 0.2) is 0 Å². The first-order chi connectivity index (χ1) is 25.3. The summed E-state index contributed by atoms with van der Waals surface area (Å²) in [5.74, 6) is 0.884. The van der Waals surface area contributed by atoms with Gasteiger partial charge >= 0.3 is 0 Å². The minimum atomic E-state index is 0.667. The van der Waals surface area contributed by atoms with Gasteiger partial charge in [0.2, 0.25) is 0 Å². The molecule has 4 aromatic heterocycles. The molecular weight excluding hydrogens is 660 g/mol. The number of aromatic amines is 4. The maximum atomic E-state index is 4.78. The number of methoxy groups -OCH3 is 3. The van der Waals surface area contributed by atoms with Gasteiger partial charge in [-0.25, -0.2) is 0 Å². The second-order valence-corrected chi connectivity index (χ2v) is 11.4. The van der Waals surface area contributed by atoms with Crippen molar-refractivity contribution in [3.05, 3.63) is 49.6 Å². The van der Waals surface area contributed by atoms with E-state index in [0.717, 1.165) is 25.7 Å². The van der Waals surface area contributed by atoms with Crippen molar-refractivity contribution in [3.63, 3.8) is 0 Å². The van der Waals surface area contributed by atoms with Crippen molar-refractivity contribution in [1.82, 2.24) is 61.6 Å². The normalized spacial score (nSPS) is 9.19. The highest BCUT2D eigenvalue weighted by Gasteiger charge is 2.20. The first-order valence-corrected chi connectivity index (χ1v) is 18.9. The molecule has 15 heteroatoms. The smallest absolute Gasteiger partial charge is 0.0690 e. The fourth-order valence-corrected chi connectivity index (χ4v) is 3.03. The molecule has 0 fully saturated rings. The Labute approximate surface area is 317 Å². The molecule has 0 aromatic carbocycles. The van der Waals surface area contributed by atoms with Crippen LogP contribution in [0.5, 0.6) is 0 Å². The number of hydrogen-bond acceptors (Lipinski definition) is 11. The molecule has 0 aliphatic carbocycles. The summed E-state index contributed by atoms with van der Waals surface area (Å²) < 4.78 is 14.3. The molecule has 0 amide bonds. The highest BCUT2D eigenvalue weighted by molar-refractivity contribution is 4.72. The summed E-state index contributed by atoms with van der Waals surface area (Å²) in [6.07, 6.45) is 26.6. The lowest BCUT2D eigenvalue weighted by Gasteiger charge is -2.28. The molecule has 0 saturated heterocycles. The van der Waals surface area contributed by atoms with Gasteiger partial charge in [-0.3, -0.25) is 0 Å². The highest BCUT2D eigenvalue weighted by Crippen LogP contribution is 2.33. The minimum Gasteiger partial charge on any atom is -0.385 e. The van der Waals surface area contributed by atoms with E-state index in [9.17, 15) is 0 Å². The number of rotatable bonds is 14. The average molecular weight is 741 g/mol. The fourth-order valence-electron chi connectivity index (χ4n) is 3.03. The first-order valence-electron chi connectivity index (χ1n) is 18.9. The SMILES string of the molecule is CCC(C)C.CCC(CC)(CC)CC.CCCCOC.CCCCOC.CCCCOC.c1cn[nH]n1.c1cn[nH]n1.c1cn[nH]n1.c1cn[nH]n1. The number of ether oxygens (including phenoxy) is 3. The Hall–Kier alpha value is -3.56. The highest BCUT2D eigenvalue weighted by atomic mass is 16.5. The van der Waals surface area contributed by atoms with Crippen molar-refractivity contribution in [2.24, 2.45) is 11.3 Å². The van der Waals surface area contributed by atoms with Crippen LogP contribution < -0.4 is 0 Å². The number of H-pyrrole nitrogens is 4. The third kappa shape index (κ3) is 61.6. The van der Waals surface area contributed by atoms with Gasteiger partial charge < -0.3 is 14.2 Å². The zero-order chi connectivity index (χ0) is 40.2. The molecule has 0 spiro atoms. The van der Waals surface area contributed by atoms with Gasteiger partial charge in [-0.15, -0.1) is 0 Å². The molecule has 15 nitrogen and oxygen atoms in total. The van der Waals surface area contributed by atoms with Crippen LogP contribution in [0.25, 0.3) is 0 Å². The van der Waals surface area contributed by atoms with E-state index in [1.54, 1.807) is 70.9 Å². The topological polar surface area (TPSA) is 194 Å². The molecule has 4 heterocycles. The first kappa shape index (κ1) is 57.8. The number of nitrogens with zero attached hydrogens (tertiary/aromatic N) is 8. The van der Waals surface area contributed by atoms with Gasteiger partial charge in [-0.1, -0.05) is 121 Å². The van der Waals surface area contributed by atoms with Crippen LogP contribution >= 0.6 is 0 Å². The zero-order valence-corrected chi connectivity index (χ0v) is 35.4. The molecule has 0 aliphatic rings. The molecule has 0 bridgehead atoms. The fraction of sp³-hybridized carbons (Fsp3) is 0.784. The Morgan fingerprint density at radius 1 is 0.423 bits per heavy atom. The van der Waals surface area contributed by atoms with Crippen molar-refractivity contribution in [2.45, 2.75) is 140 Å². The second kappa shape index (κ2) is 56.8. The van der Waals surface area contributed by atoms with E-state index in [4.69, 9.17) is 14.2 Å². The molecule has 52 heavy (non-hydrogen) atoms. The molecule has 0 unspecified atom stereocenters. The van der Waals surface area contributed by atoms with Gasteiger partial charge in [0, 0.05) is 41.2 Å². The van der Waals surface area contributed by atoms with Crippen LogP contribution in [0.2, 0.25) is 0 Å². The maximum Gasteiger partial charge on any atom is 0.0690 e. The van der Waals surface area contributed by atoms with Crippen molar-refractivity contribution in [2.75, 3.05) is 41.2 Å². The van der Waals surface area contributed by atoms with Gasteiger partial charge in [0.05, 0.1) is 49.6 Å². The van der Waals surface area contributed by atoms with Crippen LogP contribution in [-0.2, 0) is 14.2 Å². The average Bonchev–Trinajstić information content (AvgIpc) is 4.04. The van der Waals surface area contributed by atoms with Gasteiger partial charge in [-0.05, 0) is 30.6 Å². The molecule has 0 atom stereocenters. The third-order valence-electron chi connectivity index (χ3n) is 7.25. The van der Waals surface area contributed by atoms with E-state index < -0.39 is 0 Å². The standard InChI is InChI=1S/C9H20.3C5H12O.C5H12.4C2H3N3/c1-5-9(6-2,7-3)8-4;3*1-3-4-5-6-2;1-4-5(2)3;4*1-2-4-5-3-1/h5-8H2,1-4H3;3*3-5H2,1-2H3;5H,4H2,1-3H3;4*1-2H,(H,3,4,5). The predicted molar refractivity (Wildman–Crippen MR) is 215 cm³/mol. The zero-order valence-electron chi connectivity index (χ0n) is 35.4. The number of nitrogens with one attached hydrogen (secondary N) is 4. The van der Waals surface area contributed by atoms with Crippen molar-refractivity contribution in [1.29, 1.82) is 0 Å². The van der Waals surface area contributed by atoms with Crippen LogP contribution in [0.1, 0.15) is 140 Å².